The minimum Gasteiger partial charge on any atom is -0.486 e. The zero-order valence-corrected chi connectivity index (χ0v) is 26.4. The number of aryl methyl sites for hydroxylation is 2. The van der Waals surface area contributed by atoms with Crippen molar-refractivity contribution in [1.29, 1.82) is 0 Å². The Balaban J connectivity index is 2.03. The van der Waals surface area contributed by atoms with Gasteiger partial charge < -0.3 is 13.8 Å². The Kier molecular flexibility index (Phi) is 10.7. The topological polar surface area (TPSA) is 72.9 Å². The number of benzene rings is 3. The molecule has 11 heteroatoms. The molecule has 0 aromatic heterocycles. The van der Waals surface area contributed by atoms with Crippen molar-refractivity contribution >= 4 is 21.7 Å². The number of halogens is 4. The molecule has 3 aromatic carbocycles. The lowest BCUT2D eigenvalue weighted by Gasteiger charge is -2.23. The summed E-state index contributed by atoms with van der Waals surface area (Å²) in [6.45, 7) is 10.6. The third-order valence-corrected chi connectivity index (χ3v) is 7.00. The Hall–Kier alpha value is -4.12. The highest BCUT2D eigenvalue weighted by Gasteiger charge is 2.43. The summed E-state index contributed by atoms with van der Waals surface area (Å²) in [5.41, 5.74) is 4.88. The van der Waals surface area contributed by atoms with Crippen LogP contribution in [0, 0.1) is 19.7 Å². The van der Waals surface area contributed by atoms with Crippen LogP contribution in [0.2, 0.25) is 0 Å². The second-order valence-electron chi connectivity index (χ2n) is 10.9. The summed E-state index contributed by atoms with van der Waals surface area (Å²) >= 11 is 0. The lowest BCUT2D eigenvalue weighted by atomic mass is 9.91. The molecule has 0 aliphatic carbocycles. The normalized spacial score (nSPS) is 11.5. The highest BCUT2D eigenvalue weighted by Crippen LogP contribution is 2.38. The summed E-state index contributed by atoms with van der Waals surface area (Å²) in [4.78, 5) is 12.6. The van der Waals surface area contributed by atoms with Crippen LogP contribution in [-0.2, 0) is 14.9 Å². The highest BCUT2D eigenvalue weighted by atomic mass is 32.2. The Morgan fingerprint density at radius 3 is 2.02 bits per heavy atom. The van der Waals surface area contributed by atoms with Gasteiger partial charge in [0.05, 0.1) is 6.26 Å². The van der Waals surface area contributed by atoms with Crippen molar-refractivity contribution in [3.63, 3.8) is 0 Å². The van der Waals surface area contributed by atoms with E-state index in [2.05, 4.69) is 0 Å². The fraction of sp³-hybridized carbons (Fsp3) is 0.303. The molecule has 6 nitrogen and oxygen atoms in total. The van der Waals surface area contributed by atoms with Gasteiger partial charge in [-0.2, -0.15) is 21.6 Å². The third kappa shape index (κ3) is 8.95. The summed E-state index contributed by atoms with van der Waals surface area (Å²) in [6, 6.07) is 12.0. The molecule has 0 saturated heterocycles. The van der Waals surface area contributed by atoms with Gasteiger partial charge in [-0.3, -0.25) is 4.79 Å². The fourth-order valence-corrected chi connectivity index (χ4v) is 4.82. The van der Waals surface area contributed by atoms with Crippen LogP contribution < -0.4 is 13.8 Å². The van der Waals surface area contributed by atoms with Crippen molar-refractivity contribution in [3.05, 3.63) is 88.8 Å². The van der Waals surface area contributed by atoms with Gasteiger partial charge in [-0.25, -0.2) is 4.39 Å². The number of amides is 1. The van der Waals surface area contributed by atoms with Gasteiger partial charge in [0.15, 0.2) is 11.5 Å². The largest absolute Gasteiger partial charge is 0.486 e. The van der Waals surface area contributed by atoms with E-state index in [0.717, 1.165) is 29.0 Å². The number of hydrogen-bond acceptors (Lipinski definition) is 5. The Bertz CT molecular complexity index is 1720. The summed E-state index contributed by atoms with van der Waals surface area (Å²) < 4.78 is 90.2. The zero-order chi connectivity index (χ0) is 33.0. The molecule has 44 heavy (non-hydrogen) atoms. The summed E-state index contributed by atoms with van der Waals surface area (Å²) in [6.07, 6.45) is -0.902. The minimum atomic E-state index is -5.13. The van der Waals surface area contributed by atoms with E-state index in [-0.39, 0.29) is 35.9 Å². The third-order valence-electron chi connectivity index (χ3n) is 6.52. The van der Waals surface area contributed by atoms with Crippen molar-refractivity contribution in [3.8, 4) is 33.8 Å². The number of rotatable bonds is 10. The standard InChI is InChI=1S/C33H35F4NO5S/c1-20(2)12-14-38(32(39)33(35,36)37)25-9-10-26(29(34)19-25)28-17-22(5)27(16-23(28)6)24-8-11-30(42-15-13-21(3)4)31(18-24)43-44(7,40)41/h8-13,16-19H,14-15H2,1-7H3. The van der Waals surface area contributed by atoms with Gasteiger partial charge in [0.25, 0.3) is 0 Å². The van der Waals surface area contributed by atoms with Gasteiger partial charge in [0.2, 0.25) is 0 Å². The van der Waals surface area contributed by atoms with Crippen molar-refractivity contribution in [2.45, 2.75) is 47.7 Å². The Labute approximate surface area is 255 Å². The number of alkyl halides is 3. The maximum atomic E-state index is 15.5. The predicted molar refractivity (Wildman–Crippen MR) is 165 cm³/mol. The fourth-order valence-electron chi connectivity index (χ4n) is 4.36. The van der Waals surface area contributed by atoms with Crippen LogP contribution in [0.3, 0.4) is 0 Å². The van der Waals surface area contributed by atoms with Crippen molar-refractivity contribution in [2.75, 3.05) is 24.3 Å². The molecule has 0 radical (unpaired) electrons. The van der Waals surface area contributed by atoms with Crippen LogP contribution in [0.4, 0.5) is 23.2 Å². The number of ether oxygens (including phenoxy) is 1. The summed E-state index contributed by atoms with van der Waals surface area (Å²) in [5, 5.41) is 0. The van der Waals surface area contributed by atoms with E-state index in [4.69, 9.17) is 8.92 Å². The van der Waals surface area contributed by atoms with E-state index in [1.807, 2.05) is 19.9 Å². The molecule has 0 fully saturated rings. The maximum Gasteiger partial charge on any atom is 0.471 e. The van der Waals surface area contributed by atoms with Gasteiger partial charge in [-0.05, 0) is 106 Å². The molecular formula is C33H35F4NO5S. The van der Waals surface area contributed by atoms with Gasteiger partial charge >= 0.3 is 22.2 Å². The van der Waals surface area contributed by atoms with Crippen LogP contribution in [-0.4, -0.2) is 39.9 Å². The summed E-state index contributed by atoms with van der Waals surface area (Å²) in [7, 11) is -3.86. The highest BCUT2D eigenvalue weighted by molar-refractivity contribution is 7.86. The zero-order valence-electron chi connectivity index (χ0n) is 25.6. The Morgan fingerprint density at radius 2 is 1.45 bits per heavy atom. The molecule has 0 bridgehead atoms. The van der Waals surface area contributed by atoms with Crippen LogP contribution in [0.1, 0.15) is 38.8 Å². The molecule has 3 rings (SSSR count). The molecule has 1 amide bonds. The van der Waals surface area contributed by atoms with Gasteiger partial charge in [0.1, 0.15) is 12.4 Å². The molecular weight excluding hydrogens is 598 g/mol. The number of carbonyl (C=O) groups excluding carboxylic acids is 1. The molecule has 0 saturated carbocycles. The van der Waals surface area contributed by atoms with Crippen molar-refractivity contribution in [2.24, 2.45) is 0 Å². The van der Waals surface area contributed by atoms with E-state index >= 15 is 4.39 Å². The first-order chi connectivity index (χ1) is 20.4. The number of hydrogen-bond donors (Lipinski definition) is 0. The second-order valence-corrected chi connectivity index (χ2v) is 12.5. The molecule has 0 unspecified atom stereocenters. The number of anilines is 1. The smallest absolute Gasteiger partial charge is 0.471 e. The first kappa shape index (κ1) is 34.4. The molecule has 3 aromatic rings. The van der Waals surface area contributed by atoms with Crippen molar-refractivity contribution in [1.82, 2.24) is 0 Å². The average molecular weight is 634 g/mol. The number of nitrogens with zero attached hydrogens (tertiary/aromatic N) is 1. The SMILES string of the molecule is CC(C)=CCOc1ccc(-c2cc(C)c(-c3ccc(N(CC=C(C)C)C(=O)C(F)(F)F)cc3F)cc2C)cc1OS(C)(=O)=O. The average Bonchev–Trinajstić information content (AvgIpc) is 2.89. The monoisotopic (exact) mass is 633 g/mol. The number of carbonyl (C=O) groups is 1. The van der Waals surface area contributed by atoms with Gasteiger partial charge in [-0.15, -0.1) is 0 Å². The van der Waals surface area contributed by atoms with E-state index < -0.39 is 28.0 Å². The van der Waals surface area contributed by atoms with Crippen molar-refractivity contribution < 1.29 is 39.7 Å². The van der Waals surface area contributed by atoms with Crippen LogP contribution >= 0.6 is 0 Å². The van der Waals surface area contributed by atoms with E-state index in [1.165, 1.54) is 18.2 Å². The second kappa shape index (κ2) is 13.7. The molecule has 0 N–H and O–H groups in total. The van der Waals surface area contributed by atoms with Gasteiger partial charge in [0, 0.05) is 17.8 Å². The molecule has 0 aliphatic heterocycles. The predicted octanol–water partition coefficient (Wildman–Crippen LogP) is 8.32. The molecule has 0 atom stereocenters. The first-order valence-electron chi connectivity index (χ1n) is 13.6. The van der Waals surface area contributed by atoms with E-state index in [0.29, 0.717) is 27.2 Å². The van der Waals surface area contributed by atoms with E-state index in [1.54, 1.807) is 58.0 Å². The Morgan fingerprint density at radius 1 is 0.841 bits per heavy atom. The molecule has 236 valence electrons. The lowest BCUT2D eigenvalue weighted by Crippen LogP contribution is -2.41. The quantitative estimate of drug-likeness (QED) is 0.128. The van der Waals surface area contributed by atoms with Crippen LogP contribution in [0.25, 0.3) is 22.3 Å². The summed E-state index contributed by atoms with van der Waals surface area (Å²) in [5.74, 6) is -2.63. The molecule has 0 aliphatic rings. The lowest BCUT2D eigenvalue weighted by molar-refractivity contribution is -0.170. The molecule has 0 heterocycles. The minimum absolute atomic E-state index is 0.0148. The van der Waals surface area contributed by atoms with E-state index in [9.17, 15) is 26.4 Å². The van der Waals surface area contributed by atoms with Gasteiger partial charge in [-0.1, -0.05) is 35.4 Å². The van der Waals surface area contributed by atoms with Crippen LogP contribution in [0.5, 0.6) is 11.5 Å². The number of allylic oxidation sites excluding steroid dienone is 2. The maximum absolute atomic E-state index is 15.5. The molecule has 0 spiro atoms. The van der Waals surface area contributed by atoms with Crippen LogP contribution in [0.15, 0.2) is 71.8 Å². The first-order valence-corrected chi connectivity index (χ1v) is 15.4.